The first-order valence-electron chi connectivity index (χ1n) is 4.24. The van der Waals surface area contributed by atoms with Crippen molar-refractivity contribution in [3.8, 4) is 0 Å². The van der Waals surface area contributed by atoms with Gasteiger partial charge < -0.3 is 0 Å². The molecule has 0 nitrogen and oxygen atoms in total. The molecule has 0 aromatic heterocycles. The van der Waals surface area contributed by atoms with Crippen molar-refractivity contribution in [2.45, 2.75) is 19.3 Å². The van der Waals surface area contributed by atoms with Gasteiger partial charge in [0, 0.05) is 11.4 Å². The second kappa shape index (κ2) is 5.18. The van der Waals surface area contributed by atoms with Crippen molar-refractivity contribution in [3.63, 3.8) is 0 Å². The second-order valence-electron chi connectivity index (χ2n) is 2.85. The first-order valence-corrected chi connectivity index (χ1v) is 4.78. The number of unbranched alkanes of at least 4 members (excludes halogenated alkanes) is 1. The average molecular weight is 205 g/mol. The van der Waals surface area contributed by atoms with E-state index in [1.54, 1.807) is 0 Å². The van der Waals surface area contributed by atoms with Crippen molar-refractivity contribution < 1.29 is 8.78 Å². The lowest BCUT2D eigenvalue weighted by atomic mass is 10.1. The summed E-state index contributed by atoms with van der Waals surface area (Å²) in [6.45, 7) is 0. The molecule has 1 aromatic rings. The second-order valence-corrected chi connectivity index (χ2v) is 3.22. The third-order valence-corrected chi connectivity index (χ3v) is 2.14. The molecule has 0 spiro atoms. The van der Waals surface area contributed by atoms with Crippen molar-refractivity contribution in [1.82, 2.24) is 0 Å². The molecule has 0 radical (unpaired) electrons. The number of halogens is 3. The van der Waals surface area contributed by atoms with Gasteiger partial charge >= 0.3 is 0 Å². The number of alkyl halides is 1. The fourth-order valence-corrected chi connectivity index (χ4v) is 1.36. The van der Waals surface area contributed by atoms with E-state index in [1.165, 1.54) is 18.2 Å². The Morgan fingerprint density at radius 3 is 2.23 bits per heavy atom. The summed E-state index contributed by atoms with van der Waals surface area (Å²) in [5.41, 5.74) is 0.174. The van der Waals surface area contributed by atoms with Crippen LogP contribution in [0.25, 0.3) is 0 Å². The molecule has 0 bridgehead atoms. The molecule has 0 aliphatic carbocycles. The zero-order chi connectivity index (χ0) is 9.68. The van der Waals surface area contributed by atoms with E-state index in [9.17, 15) is 8.78 Å². The normalized spacial score (nSPS) is 10.4. The highest BCUT2D eigenvalue weighted by Crippen LogP contribution is 2.14. The van der Waals surface area contributed by atoms with Gasteiger partial charge in [0.1, 0.15) is 11.6 Å². The molecule has 0 saturated heterocycles. The van der Waals surface area contributed by atoms with Gasteiger partial charge in [-0.15, -0.1) is 11.6 Å². The van der Waals surface area contributed by atoms with Gasteiger partial charge in [-0.2, -0.15) is 0 Å². The van der Waals surface area contributed by atoms with Crippen LogP contribution < -0.4 is 0 Å². The molecule has 0 heterocycles. The van der Waals surface area contributed by atoms with Gasteiger partial charge in [0.2, 0.25) is 0 Å². The molecule has 13 heavy (non-hydrogen) atoms. The van der Waals surface area contributed by atoms with Crippen LogP contribution in [0.4, 0.5) is 8.78 Å². The topological polar surface area (TPSA) is 0 Å². The first-order chi connectivity index (χ1) is 6.25. The van der Waals surface area contributed by atoms with Gasteiger partial charge in [-0.1, -0.05) is 6.07 Å². The third-order valence-electron chi connectivity index (χ3n) is 1.87. The minimum atomic E-state index is -0.463. The molecule has 0 aliphatic heterocycles. The molecule has 1 aromatic carbocycles. The molecule has 0 aliphatic rings. The van der Waals surface area contributed by atoms with Crippen LogP contribution in [0.5, 0.6) is 0 Å². The van der Waals surface area contributed by atoms with E-state index >= 15 is 0 Å². The summed E-state index contributed by atoms with van der Waals surface area (Å²) in [7, 11) is 0. The van der Waals surface area contributed by atoms with Gasteiger partial charge in [-0.25, -0.2) is 8.78 Å². The predicted molar refractivity (Wildman–Crippen MR) is 50.0 cm³/mol. The van der Waals surface area contributed by atoms with E-state index in [-0.39, 0.29) is 5.56 Å². The fraction of sp³-hybridized carbons (Fsp3) is 0.400. The van der Waals surface area contributed by atoms with E-state index < -0.39 is 11.6 Å². The average Bonchev–Trinajstić information content (AvgIpc) is 2.10. The minimum Gasteiger partial charge on any atom is -0.207 e. The van der Waals surface area contributed by atoms with Crippen LogP contribution >= 0.6 is 11.6 Å². The van der Waals surface area contributed by atoms with Crippen LogP contribution in [0.3, 0.4) is 0 Å². The van der Waals surface area contributed by atoms with Gasteiger partial charge in [-0.05, 0) is 31.4 Å². The largest absolute Gasteiger partial charge is 0.207 e. The zero-order valence-electron chi connectivity index (χ0n) is 7.19. The lowest BCUT2D eigenvalue weighted by molar-refractivity contribution is 0.549. The lowest BCUT2D eigenvalue weighted by Crippen LogP contribution is -1.95. The summed E-state index contributed by atoms with van der Waals surface area (Å²) in [5.74, 6) is -0.389. The number of rotatable bonds is 4. The molecule has 0 atom stereocenters. The monoisotopic (exact) mass is 204 g/mol. The standard InChI is InChI=1S/C10H11ClF2/c11-7-2-1-4-8-9(12)5-3-6-10(8)13/h3,5-6H,1-2,4,7H2. The Hall–Kier alpha value is -0.630. The Labute approximate surface area is 81.5 Å². The molecule has 0 amide bonds. The predicted octanol–water partition coefficient (Wildman–Crippen LogP) is 3.53. The van der Waals surface area contributed by atoms with Crippen molar-refractivity contribution in [3.05, 3.63) is 35.4 Å². The van der Waals surface area contributed by atoms with E-state index in [0.717, 1.165) is 12.8 Å². The maximum atomic E-state index is 13.0. The molecule has 72 valence electrons. The Kier molecular flexibility index (Phi) is 4.16. The van der Waals surface area contributed by atoms with Gasteiger partial charge in [0.25, 0.3) is 0 Å². The fourth-order valence-electron chi connectivity index (χ4n) is 1.17. The highest BCUT2D eigenvalue weighted by molar-refractivity contribution is 6.17. The summed E-state index contributed by atoms with van der Waals surface area (Å²) < 4.78 is 26.0. The van der Waals surface area contributed by atoms with Crippen molar-refractivity contribution >= 4 is 11.6 Å². The molecular weight excluding hydrogens is 194 g/mol. The van der Waals surface area contributed by atoms with Crippen molar-refractivity contribution in [1.29, 1.82) is 0 Å². The van der Waals surface area contributed by atoms with E-state index in [0.29, 0.717) is 12.3 Å². The Bertz CT molecular complexity index is 253. The minimum absolute atomic E-state index is 0.174. The van der Waals surface area contributed by atoms with Crippen molar-refractivity contribution in [2.75, 3.05) is 5.88 Å². The Morgan fingerprint density at radius 2 is 1.69 bits per heavy atom. The summed E-state index contributed by atoms with van der Waals surface area (Å²) in [6, 6.07) is 3.92. The number of benzene rings is 1. The molecule has 1 rings (SSSR count). The van der Waals surface area contributed by atoms with Crippen LogP contribution in [-0.2, 0) is 6.42 Å². The summed E-state index contributed by atoms with van der Waals surface area (Å²) in [6.07, 6.45) is 1.93. The highest BCUT2D eigenvalue weighted by atomic mass is 35.5. The maximum Gasteiger partial charge on any atom is 0.129 e. The van der Waals surface area contributed by atoms with Crippen molar-refractivity contribution in [2.24, 2.45) is 0 Å². The smallest absolute Gasteiger partial charge is 0.129 e. The quantitative estimate of drug-likeness (QED) is 0.520. The van der Waals surface area contributed by atoms with E-state index in [2.05, 4.69) is 0 Å². The van der Waals surface area contributed by atoms with Crippen LogP contribution in [0.2, 0.25) is 0 Å². The van der Waals surface area contributed by atoms with Gasteiger partial charge in [-0.3, -0.25) is 0 Å². The summed E-state index contributed by atoms with van der Waals surface area (Å²) in [4.78, 5) is 0. The first kappa shape index (κ1) is 10.5. The van der Waals surface area contributed by atoms with E-state index in [4.69, 9.17) is 11.6 Å². The zero-order valence-corrected chi connectivity index (χ0v) is 7.95. The maximum absolute atomic E-state index is 13.0. The van der Waals surface area contributed by atoms with Crippen LogP contribution in [0.1, 0.15) is 18.4 Å². The van der Waals surface area contributed by atoms with Crippen LogP contribution in [0.15, 0.2) is 18.2 Å². The van der Waals surface area contributed by atoms with Gasteiger partial charge in [0.15, 0.2) is 0 Å². The van der Waals surface area contributed by atoms with Crippen LogP contribution in [0, 0.1) is 11.6 Å². The van der Waals surface area contributed by atoms with E-state index in [1.807, 2.05) is 0 Å². The Morgan fingerprint density at radius 1 is 1.08 bits per heavy atom. The number of hydrogen-bond acceptors (Lipinski definition) is 0. The molecule has 3 heteroatoms. The third kappa shape index (κ3) is 2.96. The lowest BCUT2D eigenvalue weighted by Gasteiger charge is -2.03. The molecule has 0 unspecified atom stereocenters. The molecule has 0 N–H and O–H groups in total. The Balaban J connectivity index is 2.64. The number of hydrogen-bond donors (Lipinski definition) is 0. The van der Waals surface area contributed by atoms with Gasteiger partial charge in [0.05, 0.1) is 0 Å². The van der Waals surface area contributed by atoms with Crippen LogP contribution in [-0.4, -0.2) is 5.88 Å². The molecule has 0 saturated carbocycles. The molecule has 0 fully saturated rings. The molecular formula is C10H11ClF2. The SMILES string of the molecule is Fc1cccc(F)c1CCCCCl. The summed E-state index contributed by atoms with van der Waals surface area (Å²) in [5, 5.41) is 0. The highest BCUT2D eigenvalue weighted by Gasteiger charge is 2.06. The summed E-state index contributed by atoms with van der Waals surface area (Å²) >= 11 is 5.46.